The van der Waals surface area contributed by atoms with Crippen molar-refractivity contribution < 1.29 is 29.6 Å². The Morgan fingerprint density at radius 2 is 2.10 bits per heavy atom. The summed E-state index contributed by atoms with van der Waals surface area (Å²) in [5, 5.41) is 29.0. The minimum Gasteiger partial charge on any atom is -0.502 e. The summed E-state index contributed by atoms with van der Waals surface area (Å²) in [5.41, 5.74) is -1.91. The van der Waals surface area contributed by atoms with E-state index in [4.69, 9.17) is 4.74 Å². The summed E-state index contributed by atoms with van der Waals surface area (Å²) in [4.78, 5) is 35.3. The molecule has 21 heavy (non-hydrogen) atoms. The van der Waals surface area contributed by atoms with Crippen molar-refractivity contribution in [2.45, 2.75) is 31.5 Å². The largest absolute Gasteiger partial charge is 0.502 e. The van der Waals surface area contributed by atoms with Gasteiger partial charge in [0, 0.05) is 6.92 Å². The summed E-state index contributed by atoms with van der Waals surface area (Å²) < 4.78 is 10.7. The van der Waals surface area contributed by atoms with E-state index in [9.17, 15) is 29.7 Å². The molecule has 4 atom stereocenters. The zero-order chi connectivity index (χ0) is 15.7. The molecule has 2 heterocycles. The molecule has 0 saturated carbocycles. The Labute approximate surface area is 117 Å². The average Bonchev–Trinajstić information content (AvgIpc) is 2.68. The van der Waals surface area contributed by atoms with Crippen molar-refractivity contribution >= 4 is 5.97 Å². The number of aromatic nitrogens is 2. The predicted octanol–water partition coefficient (Wildman–Crippen LogP) is -2.58. The first-order chi connectivity index (χ1) is 9.81. The fourth-order valence-corrected chi connectivity index (χ4v) is 1.96. The number of rotatable bonds is 3. The number of nitrogens with zero attached hydrogens (tertiary/aromatic N) is 1. The van der Waals surface area contributed by atoms with Crippen molar-refractivity contribution in [3.8, 4) is 5.75 Å². The van der Waals surface area contributed by atoms with Gasteiger partial charge in [-0.3, -0.25) is 19.1 Å². The van der Waals surface area contributed by atoms with Gasteiger partial charge in [-0.2, -0.15) is 0 Å². The smallest absolute Gasteiger partial charge is 0.330 e. The molecule has 1 aliphatic rings. The summed E-state index contributed by atoms with van der Waals surface area (Å²) in [7, 11) is 0. The molecule has 10 nitrogen and oxygen atoms in total. The number of carbonyl (C=O) groups excluding carboxylic acids is 1. The van der Waals surface area contributed by atoms with Crippen LogP contribution >= 0.6 is 0 Å². The molecule has 2 unspecified atom stereocenters. The van der Waals surface area contributed by atoms with E-state index in [0.717, 1.165) is 10.8 Å². The molecule has 1 aromatic rings. The number of aromatic hydroxyl groups is 1. The van der Waals surface area contributed by atoms with Crippen molar-refractivity contribution in [3.63, 3.8) is 0 Å². The summed E-state index contributed by atoms with van der Waals surface area (Å²) in [6, 6.07) is 0. The number of hydrogen-bond donors (Lipinski definition) is 4. The van der Waals surface area contributed by atoms with Crippen LogP contribution < -0.4 is 11.2 Å². The molecule has 1 aliphatic heterocycles. The standard InChI is InChI=1S/C11H14N2O8/c1-4(14)20-3-6-7(16)8(17)10(21-6)13-2-5(15)9(18)12-11(13)19/h2,6-8,10,15-17H,3H2,1H3,(H,12,18,19)/t6-,7?,8?,10-/m0/s1. The molecule has 0 amide bonds. The average molecular weight is 302 g/mol. The van der Waals surface area contributed by atoms with Gasteiger partial charge >= 0.3 is 11.7 Å². The fraction of sp³-hybridized carbons (Fsp3) is 0.545. The van der Waals surface area contributed by atoms with Gasteiger partial charge in [-0.1, -0.05) is 0 Å². The van der Waals surface area contributed by atoms with E-state index in [2.05, 4.69) is 4.74 Å². The quantitative estimate of drug-likeness (QED) is 0.444. The molecule has 1 aromatic heterocycles. The molecule has 2 rings (SSSR count). The van der Waals surface area contributed by atoms with Gasteiger partial charge in [0.05, 0.1) is 6.20 Å². The lowest BCUT2D eigenvalue weighted by molar-refractivity contribution is -0.147. The Bertz CT molecular complexity index is 650. The fourth-order valence-electron chi connectivity index (χ4n) is 1.96. The molecule has 0 spiro atoms. The van der Waals surface area contributed by atoms with Crippen LogP contribution in [0.4, 0.5) is 0 Å². The van der Waals surface area contributed by atoms with Crippen molar-refractivity contribution in [1.82, 2.24) is 9.55 Å². The van der Waals surface area contributed by atoms with Gasteiger partial charge < -0.3 is 24.8 Å². The number of hydrogen-bond acceptors (Lipinski definition) is 8. The van der Waals surface area contributed by atoms with Crippen molar-refractivity contribution in [2.75, 3.05) is 6.61 Å². The topological polar surface area (TPSA) is 151 Å². The van der Waals surface area contributed by atoms with Crippen LogP contribution in [0.3, 0.4) is 0 Å². The maximum absolute atomic E-state index is 11.6. The molecule has 1 fully saturated rings. The normalized spacial score (nSPS) is 28.5. The van der Waals surface area contributed by atoms with E-state index >= 15 is 0 Å². The third kappa shape index (κ3) is 2.96. The van der Waals surface area contributed by atoms with Crippen LogP contribution in [0.25, 0.3) is 0 Å². The van der Waals surface area contributed by atoms with Crippen molar-refractivity contribution in [1.29, 1.82) is 0 Å². The number of aliphatic hydroxyl groups is 2. The van der Waals surface area contributed by atoms with Crippen molar-refractivity contribution in [3.05, 3.63) is 27.0 Å². The number of aromatic amines is 1. The molecule has 0 aromatic carbocycles. The van der Waals surface area contributed by atoms with Crippen LogP contribution in [-0.2, 0) is 14.3 Å². The first kappa shape index (κ1) is 15.2. The molecular formula is C11H14N2O8. The summed E-state index contributed by atoms with van der Waals surface area (Å²) >= 11 is 0. The van der Waals surface area contributed by atoms with Crippen LogP contribution in [0.5, 0.6) is 5.75 Å². The highest BCUT2D eigenvalue weighted by molar-refractivity contribution is 5.65. The van der Waals surface area contributed by atoms with Crippen LogP contribution in [0.2, 0.25) is 0 Å². The number of H-pyrrole nitrogens is 1. The van der Waals surface area contributed by atoms with E-state index < -0.39 is 47.5 Å². The van der Waals surface area contributed by atoms with Crippen molar-refractivity contribution in [2.24, 2.45) is 0 Å². The van der Waals surface area contributed by atoms with Gasteiger partial charge in [0.25, 0.3) is 5.56 Å². The molecule has 0 bridgehead atoms. The second-order valence-electron chi connectivity index (χ2n) is 4.53. The molecule has 4 N–H and O–H groups in total. The highest BCUT2D eigenvalue weighted by Gasteiger charge is 2.44. The van der Waals surface area contributed by atoms with Crippen LogP contribution in [-0.4, -0.2) is 55.8 Å². The van der Waals surface area contributed by atoms with Gasteiger partial charge in [0.2, 0.25) is 0 Å². The SMILES string of the molecule is CC(=O)OC[C@@H]1O[C@H](n2cc(O)c(=O)[nH]c2=O)C(O)C1O. The van der Waals surface area contributed by atoms with E-state index in [-0.39, 0.29) is 6.61 Å². The Kier molecular flexibility index (Phi) is 4.11. The second kappa shape index (κ2) is 5.68. The number of carbonyl (C=O) groups is 1. The third-order valence-corrected chi connectivity index (χ3v) is 3.01. The van der Waals surface area contributed by atoms with Gasteiger partial charge in [0.15, 0.2) is 12.0 Å². The van der Waals surface area contributed by atoms with E-state index in [1.54, 1.807) is 0 Å². The maximum atomic E-state index is 11.6. The lowest BCUT2D eigenvalue weighted by Crippen LogP contribution is -2.37. The van der Waals surface area contributed by atoms with Gasteiger partial charge in [0.1, 0.15) is 24.9 Å². The predicted molar refractivity (Wildman–Crippen MR) is 65.5 cm³/mol. The first-order valence-corrected chi connectivity index (χ1v) is 6.00. The van der Waals surface area contributed by atoms with E-state index in [0.29, 0.717) is 0 Å². The van der Waals surface area contributed by atoms with Crippen LogP contribution in [0.15, 0.2) is 15.8 Å². The molecular weight excluding hydrogens is 288 g/mol. The second-order valence-corrected chi connectivity index (χ2v) is 4.53. The number of aliphatic hydroxyl groups excluding tert-OH is 2. The molecule has 0 radical (unpaired) electrons. The van der Waals surface area contributed by atoms with E-state index in [1.807, 2.05) is 4.98 Å². The molecule has 116 valence electrons. The lowest BCUT2D eigenvalue weighted by Gasteiger charge is -2.17. The summed E-state index contributed by atoms with van der Waals surface area (Å²) in [6.45, 7) is 0.855. The van der Waals surface area contributed by atoms with Gasteiger partial charge in [-0.25, -0.2) is 4.79 Å². The molecule has 0 aliphatic carbocycles. The highest BCUT2D eigenvalue weighted by Crippen LogP contribution is 2.28. The minimum absolute atomic E-state index is 0.311. The Morgan fingerprint density at radius 3 is 2.71 bits per heavy atom. The highest BCUT2D eigenvalue weighted by atomic mass is 16.6. The number of nitrogens with one attached hydrogen (secondary N) is 1. The Hall–Kier alpha value is -2.17. The summed E-state index contributed by atoms with van der Waals surface area (Å²) in [5.74, 6) is -1.34. The lowest BCUT2D eigenvalue weighted by atomic mass is 10.1. The minimum atomic E-state index is -1.51. The molecule has 1 saturated heterocycles. The van der Waals surface area contributed by atoms with Gasteiger partial charge in [-0.05, 0) is 0 Å². The number of esters is 1. The zero-order valence-electron chi connectivity index (χ0n) is 10.9. The van der Waals surface area contributed by atoms with Crippen LogP contribution in [0.1, 0.15) is 13.2 Å². The Balaban J connectivity index is 2.25. The molecule has 10 heteroatoms. The van der Waals surface area contributed by atoms with Crippen LogP contribution in [0, 0.1) is 0 Å². The van der Waals surface area contributed by atoms with E-state index in [1.165, 1.54) is 6.92 Å². The first-order valence-electron chi connectivity index (χ1n) is 6.00. The van der Waals surface area contributed by atoms with Gasteiger partial charge in [-0.15, -0.1) is 0 Å². The zero-order valence-corrected chi connectivity index (χ0v) is 10.9. The summed E-state index contributed by atoms with van der Waals surface area (Å²) in [6.07, 6.45) is -4.51. The number of ether oxygens (including phenoxy) is 2. The monoisotopic (exact) mass is 302 g/mol. The maximum Gasteiger partial charge on any atom is 0.330 e. The third-order valence-electron chi connectivity index (χ3n) is 3.01. The Morgan fingerprint density at radius 1 is 1.43 bits per heavy atom.